The molecule has 2 aromatic carbocycles. The van der Waals surface area contributed by atoms with Crippen LogP contribution in [0.3, 0.4) is 0 Å². The molecule has 0 aliphatic carbocycles. The van der Waals surface area contributed by atoms with E-state index in [1.807, 2.05) is 32.0 Å². The van der Waals surface area contributed by atoms with Gasteiger partial charge in [-0.15, -0.1) is 0 Å². The van der Waals surface area contributed by atoms with Gasteiger partial charge in [0.1, 0.15) is 6.04 Å². The topological polar surface area (TPSA) is 81.8 Å². The number of para-hydroxylation sites is 1. The average molecular weight is 519 g/mol. The summed E-state index contributed by atoms with van der Waals surface area (Å²) < 4.78 is 40.1. The predicted octanol–water partition coefficient (Wildman–Crippen LogP) is 4.69. The minimum Gasteiger partial charge on any atom is -0.337 e. The number of hydrogen-bond donors (Lipinski definition) is 2. The Labute approximate surface area is 215 Å². The summed E-state index contributed by atoms with van der Waals surface area (Å²) in [6.45, 7) is 4.90. The second-order valence-electron chi connectivity index (χ2n) is 9.21. The smallest absolute Gasteiger partial charge is 0.337 e. The number of urea groups is 1. The fraction of sp³-hybridized carbons (Fsp3) is 0.444. The van der Waals surface area contributed by atoms with Gasteiger partial charge in [0.15, 0.2) is 0 Å². The molecule has 2 aromatic rings. The van der Waals surface area contributed by atoms with Crippen LogP contribution in [0.5, 0.6) is 0 Å². The Morgan fingerprint density at radius 1 is 1.03 bits per heavy atom. The molecule has 7 nitrogen and oxygen atoms in total. The van der Waals surface area contributed by atoms with E-state index in [0.29, 0.717) is 26.1 Å². The maximum atomic E-state index is 13.5. The summed E-state index contributed by atoms with van der Waals surface area (Å²) in [7, 11) is 0. The quantitative estimate of drug-likeness (QED) is 0.532. The molecule has 1 fully saturated rings. The molecule has 2 unspecified atom stereocenters. The highest BCUT2D eigenvalue weighted by molar-refractivity contribution is 5.94. The van der Waals surface area contributed by atoms with Gasteiger partial charge >= 0.3 is 12.2 Å². The molecule has 0 saturated carbocycles. The molecule has 0 radical (unpaired) electrons. The van der Waals surface area contributed by atoms with Crippen molar-refractivity contribution in [1.29, 1.82) is 0 Å². The van der Waals surface area contributed by atoms with E-state index in [0.717, 1.165) is 30.5 Å². The molecule has 37 heavy (non-hydrogen) atoms. The molecule has 10 heteroatoms. The molecule has 200 valence electrons. The molecule has 1 aliphatic rings. The monoisotopic (exact) mass is 518 g/mol. The third-order valence-corrected chi connectivity index (χ3v) is 6.37. The van der Waals surface area contributed by atoms with Gasteiger partial charge in [0.05, 0.1) is 11.3 Å². The Balaban J connectivity index is 1.73. The van der Waals surface area contributed by atoms with E-state index < -0.39 is 29.5 Å². The summed E-state index contributed by atoms with van der Waals surface area (Å²) in [5.74, 6) is -0.293. The first kappa shape index (κ1) is 28.0. The van der Waals surface area contributed by atoms with Crippen molar-refractivity contribution in [3.8, 4) is 0 Å². The van der Waals surface area contributed by atoms with E-state index in [1.165, 1.54) is 12.1 Å². The number of carbonyl (C=O) groups is 3. The molecular formula is C27H33F3N4O3. The standard InChI is InChI=1S/C27H33F3N4O3/c1-3-4-14-24(35)34-16-15-33(18-19(34)2)25(36)23(17-20-10-6-5-7-11-20)32-26(37)31-22-13-9-8-12-21(22)27(28,29)30/h5-13,19,23H,3-4,14-18H2,1-2H3,(H2,31,32,37). The van der Waals surface area contributed by atoms with Crippen LogP contribution in [0.2, 0.25) is 0 Å². The number of hydrogen-bond acceptors (Lipinski definition) is 3. The maximum absolute atomic E-state index is 13.5. The molecule has 1 heterocycles. The van der Waals surface area contributed by atoms with Crippen LogP contribution in [0, 0.1) is 0 Å². The van der Waals surface area contributed by atoms with Crippen LogP contribution in [0.4, 0.5) is 23.7 Å². The Hall–Kier alpha value is -3.56. The van der Waals surface area contributed by atoms with E-state index in [-0.39, 0.29) is 24.3 Å². The number of amides is 4. The van der Waals surface area contributed by atoms with Gasteiger partial charge in [-0.3, -0.25) is 9.59 Å². The summed E-state index contributed by atoms with van der Waals surface area (Å²) in [6.07, 6.45) is -2.29. The first-order valence-electron chi connectivity index (χ1n) is 12.5. The number of anilines is 1. The van der Waals surface area contributed by atoms with Gasteiger partial charge in [0, 0.05) is 38.5 Å². The van der Waals surface area contributed by atoms with E-state index in [2.05, 4.69) is 10.6 Å². The number of piperazine rings is 1. The number of halogens is 3. The number of unbranched alkanes of at least 4 members (excludes halogenated alkanes) is 1. The Morgan fingerprint density at radius 3 is 2.35 bits per heavy atom. The Morgan fingerprint density at radius 2 is 1.70 bits per heavy atom. The molecular weight excluding hydrogens is 485 g/mol. The van der Waals surface area contributed by atoms with Crippen molar-refractivity contribution in [1.82, 2.24) is 15.1 Å². The molecule has 4 amide bonds. The van der Waals surface area contributed by atoms with Gasteiger partial charge in [-0.1, -0.05) is 55.8 Å². The second-order valence-corrected chi connectivity index (χ2v) is 9.21. The fourth-order valence-corrected chi connectivity index (χ4v) is 4.43. The zero-order chi connectivity index (χ0) is 27.0. The predicted molar refractivity (Wildman–Crippen MR) is 135 cm³/mol. The van der Waals surface area contributed by atoms with Crippen molar-refractivity contribution in [2.24, 2.45) is 0 Å². The van der Waals surface area contributed by atoms with Crippen molar-refractivity contribution in [2.75, 3.05) is 25.0 Å². The molecule has 2 atom stereocenters. The van der Waals surface area contributed by atoms with Crippen LogP contribution in [0.25, 0.3) is 0 Å². The number of rotatable bonds is 8. The largest absolute Gasteiger partial charge is 0.418 e. The number of nitrogens with zero attached hydrogens (tertiary/aromatic N) is 2. The molecule has 2 N–H and O–H groups in total. The third kappa shape index (κ3) is 7.71. The molecule has 0 spiro atoms. The van der Waals surface area contributed by atoms with Crippen LogP contribution in [0.15, 0.2) is 54.6 Å². The second kappa shape index (κ2) is 12.6. The highest BCUT2D eigenvalue weighted by atomic mass is 19.4. The lowest BCUT2D eigenvalue weighted by Crippen LogP contribution is -2.59. The maximum Gasteiger partial charge on any atom is 0.418 e. The summed E-state index contributed by atoms with van der Waals surface area (Å²) in [6, 6.07) is 11.6. The van der Waals surface area contributed by atoms with E-state index in [1.54, 1.807) is 21.9 Å². The van der Waals surface area contributed by atoms with Gasteiger partial charge < -0.3 is 20.4 Å². The van der Waals surface area contributed by atoms with Crippen molar-refractivity contribution in [3.63, 3.8) is 0 Å². The van der Waals surface area contributed by atoms with Crippen molar-refractivity contribution in [2.45, 2.75) is 57.8 Å². The number of alkyl halides is 3. The number of nitrogens with one attached hydrogen (secondary N) is 2. The zero-order valence-electron chi connectivity index (χ0n) is 21.1. The molecule has 0 bridgehead atoms. The van der Waals surface area contributed by atoms with Gasteiger partial charge in [-0.25, -0.2) is 4.79 Å². The van der Waals surface area contributed by atoms with Crippen LogP contribution < -0.4 is 10.6 Å². The van der Waals surface area contributed by atoms with Gasteiger partial charge in [0.2, 0.25) is 11.8 Å². The third-order valence-electron chi connectivity index (χ3n) is 6.37. The van der Waals surface area contributed by atoms with Crippen LogP contribution in [-0.4, -0.2) is 59.4 Å². The highest BCUT2D eigenvalue weighted by Gasteiger charge is 2.35. The van der Waals surface area contributed by atoms with E-state index in [9.17, 15) is 27.6 Å². The summed E-state index contributed by atoms with van der Waals surface area (Å²) in [4.78, 5) is 42.2. The Kier molecular flexibility index (Phi) is 9.54. The fourth-order valence-electron chi connectivity index (χ4n) is 4.43. The molecule has 1 saturated heterocycles. The summed E-state index contributed by atoms with van der Waals surface area (Å²) >= 11 is 0. The van der Waals surface area contributed by atoms with E-state index >= 15 is 0 Å². The normalized spacial score (nSPS) is 16.7. The van der Waals surface area contributed by atoms with Gasteiger partial charge in [-0.2, -0.15) is 13.2 Å². The lowest BCUT2D eigenvalue weighted by Gasteiger charge is -2.41. The van der Waals surface area contributed by atoms with Crippen molar-refractivity contribution < 1.29 is 27.6 Å². The number of benzene rings is 2. The van der Waals surface area contributed by atoms with Crippen molar-refractivity contribution in [3.05, 3.63) is 65.7 Å². The highest BCUT2D eigenvalue weighted by Crippen LogP contribution is 2.34. The van der Waals surface area contributed by atoms with E-state index in [4.69, 9.17) is 0 Å². The average Bonchev–Trinajstić information content (AvgIpc) is 2.86. The molecule has 1 aliphatic heterocycles. The lowest BCUT2D eigenvalue weighted by atomic mass is 10.0. The SMILES string of the molecule is CCCCC(=O)N1CCN(C(=O)C(Cc2ccccc2)NC(=O)Nc2ccccc2C(F)(F)F)CC1C. The summed E-state index contributed by atoms with van der Waals surface area (Å²) in [5, 5.41) is 4.83. The van der Waals surface area contributed by atoms with Crippen LogP contribution in [0.1, 0.15) is 44.2 Å². The van der Waals surface area contributed by atoms with Crippen LogP contribution in [-0.2, 0) is 22.2 Å². The Bertz CT molecular complexity index is 1080. The first-order chi connectivity index (χ1) is 17.6. The van der Waals surface area contributed by atoms with Crippen LogP contribution >= 0.6 is 0 Å². The lowest BCUT2D eigenvalue weighted by molar-refractivity contribution is -0.143. The molecule has 3 rings (SSSR count). The first-order valence-corrected chi connectivity index (χ1v) is 12.5. The van der Waals surface area contributed by atoms with Gasteiger partial charge in [-0.05, 0) is 31.0 Å². The zero-order valence-corrected chi connectivity index (χ0v) is 21.1. The number of carbonyl (C=O) groups excluding carboxylic acids is 3. The minimum atomic E-state index is -4.65. The van der Waals surface area contributed by atoms with Gasteiger partial charge in [0.25, 0.3) is 0 Å². The van der Waals surface area contributed by atoms with Crippen molar-refractivity contribution >= 4 is 23.5 Å². The molecule has 0 aromatic heterocycles. The summed E-state index contributed by atoms with van der Waals surface area (Å²) in [5.41, 5.74) is -0.585. The minimum absolute atomic E-state index is 0.0584.